The van der Waals surface area contributed by atoms with Crippen molar-refractivity contribution in [1.29, 1.82) is 0 Å². The van der Waals surface area contributed by atoms with Gasteiger partial charge >= 0.3 is 6.03 Å². The highest BCUT2D eigenvalue weighted by atomic mass is 16.5. The summed E-state index contributed by atoms with van der Waals surface area (Å²) >= 11 is 0. The van der Waals surface area contributed by atoms with Crippen LogP contribution in [0.2, 0.25) is 0 Å². The second kappa shape index (κ2) is 8.90. The van der Waals surface area contributed by atoms with Crippen molar-refractivity contribution in [3.05, 3.63) is 29.8 Å². The molecule has 130 valence electrons. The van der Waals surface area contributed by atoms with Gasteiger partial charge in [-0.1, -0.05) is 17.7 Å². The summed E-state index contributed by atoms with van der Waals surface area (Å²) in [5.41, 5.74) is 1.18. The highest BCUT2D eigenvalue weighted by Crippen LogP contribution is 2.11. The second-order valence-electron chi connectivity index (χ2n) is 5.67. The van der Waals surface area contributed by atoms with Crippen LogP contribution in [-0.2, 0) is 9.59 Å². The first-order valence-electron chi connectivity index (χ1n) is 8.10. The van der Waals surface area contributed by atoms with Crippen LogP contribution in [0, 0.1) is 6.92 Å². The van der Waals surface area contributed by atoms with Gasteiger partial charge in [0.25, 0.3) is 0 Å². The molecule has 7 heteroatoms. The third-order valence-corrected chi connectivity index (χ3v) is 3.66. The number of rotatable bonds is 9. The lowest BCUT2D eigenvalue weighted by Gasteiger charge is -2.12. The number of benzene rings is 1. The van der Waals surface area contributed by atoms with Gasteiger partial charge in [-0.3, -0.25) is 14.5 Å². The Bertz CT molecular complexity index is 570. The number of nitrogens with one attached hydrogen (secondary N) is 2. The van der Waals surface area contributed by atoms with Gasteiger partial charge in [-0.15, -0.1) is 0 Å². The minimum Gasteiger partial charge on any atom is -0.494 e. The van der Waals surface area contributed by atoms with Gasteiger partial charge in [-0.2, -0.15) is 0 Å². The molecule has 0 bridgehead atoms. The molecule has 1 aromatic carbocycles. The molecular formula is C17H23N3O4. The van der Waals surface area contributed by atoms with E-state index in [4.69, 9.17) is 4.74 Å². The third kappa shape index (κ3) is 5.57. The smallest absolute Gasteiger partial charge is 0.324 e. The SMILES string of the molecule is Cc1ccc(OCCCNC(=O)CCCN2C(=O)CNC2=O)cc1. The summed E-state index contributed by atoms with van der Waals surface area (Å²) in [6, 6.07) is 7.44. The zero-order chi connectivity index (χ0) is 17.4. The first-order valence-corrected chi connectivity index (χ1v) is 8.10. The Hall–Kier alpha value is -2.57. The first-order chi connectivity index (χ1) is 11.6. The van der Waals surface area contributed by atoms with E-state index >= 15 is 0 Å². The Morgan fingerprint density at radius 2 is 2.00 bits per heavy atom. The van der Waals surface area contributed by atoms with Crippen molar-refractivity contribution >= 4 is 17.8 Å². The monoisotopic (exact) mass is 333 g/mol. The Balaban J connectivity index is 1.51. The number of carbonyl (C=O) groups excluding carboxylic acids is 3. The molecule has 0 atom stereocenters. The molecule has 1 fully saturated rings. The molecule has 0 spiro atoms. The van der Waals surface area contributed by atoms with Crippen molar-refractivity contribution in [3.63, 3.8) is 0 Å². The average Bonchev–Trinajstić information content (AvgIpc) is 2.88. The van der Waals surface area contributed by atoms with Crippen LogP contribution < -0.4 is 15.4 Å². The van der Waals surface area contributed by atoms with Gasteiger partial charge in [-0.25, -0.2) is 4.79 Å². The fourth-order valence-electron chi connectivity index (χ4n) is 2.29. The fraction of sp³-hybridized carbons (Fsp3) is 0.471. The van der Waals surface area contributed by atoms with E-state index in [0.29, 0.717) is 26.0 Å². The van der Waals surface area contributed by atoms with Gasteiger partial charge in [0, 0.05) is 19.5 Å². The number of carbonyl (C=O) groups is 3. The Morgan fingerprint density at radius 3 is 2.67 bits per heavy atom. The van der Waals surface area contributed by atoms with Crippen molar-refractivity contribution in [3.8, 4) is 5.75 Å². The molecule has 24 heavy (non-hydrogen) atoms. The molecule has 2 rings (SSSR count). The molecule has 0 radical (unpaired) electrons. The van der Waals surface area contributed by atoms with Crippen LogP contribution in [0.25, 0.3) is 0 Å². The van der Waals surface area contributed by atoms with E-state index in [1.807, 2.05) is 31.2 Å². The van der Waals surface area contributed by atoms with Gasteiger partial charge < -0.3 is 15.4 Å². The van der Waals surface area contributed by atoms with E-state index in [0.717, 1.165) is 10.6 Å². The fourth-order valence-corrected chi connectivity index (χ4v) is 2.29. The average molecular weight is 333 g/mol. The summed E-state index contributed by atoms with van der Waals surface area (Å²) in [6.45, 7) is 3.41. The molecule has 0 unspecified atom stereocenters. The molecule has 0 aromatic heterocycles. The van der Waals surface area contributed by atoms with E-state index in [1.165, 1.54) is 5.56 Å². The summed E-state index contributed by atoms with van der Waals surface area (Å²) in [4.78, 5) is 35.5. The number of hydrogen-bond acceptors (Lipinski definition) is 4. The van der Waals surface area contributed by atoms with Crippen LogP contribution in [0.3, 0.4) is 0 Å². The molecule has 0 saturated carbocycles. The van der Waals surface area contributed by atoms with E-state index in [2.05, 4.69) is 10.6 Å². The van der Waals surface area contributed by atoms with Gasteiger partial charge in [0.2, 0.25) is 11.8 Å². The summed E-state index contributed by atoms with van der Waals surface area (Å²) in [6.07, 6.45) is 1.47. The molecule has 4 amide bonds. The van der Waals surface area contributed by atoms with E-state index < -0.39 is 0 Å². The van der Waals surface area contributed by atoms with Crippen molar-refractivity contribution in [2.45, 2.75) is 26.2 Å². The quantitative estimate of drug-likeness (QED) is 0.525. The molecule has 2 N–H and O–H groups in total. The van der Waals surface area contributed by atoms with Crippen LogP contribution in [-0.4, -0.2) is 49.0 Å². The lowest BCUT2D eigenvalue weighted by Crippen LogP contribution is -2.33. The second-order valence-corrected chi connectivity index (χ2v) is 5.67. The summed E-state index contributed by atoms with van der Waals surface area (Å²) in [5, 5.41) is 5.25. The predicted molar refractivity (Wildman–Crippen MR) is 88.6 cm³/mol. The van der Waals surface area contributed by atoms with E-state index in [9.17, 15) is 14.4 Å². The predicted octanol–water partition coefficient (Wildman–Crippen LogP) is 1.21. The maximum atomic E-state index is 11.7. The maximum absolute atomic E-state index is 11.7. The van der Waals surface area contributed by atoms with Crippen molar-refractivity contribution in [2.24, 2.45) is 0 Å². The molecule has 1 heterocycles. The first kappa shape index (κ1) is 17.8. The number of hydrogen-bond donors (Lipinski definition) is 2. The number of urea groups is 1. The zero-order valence-electron chi connectivity index (χ0n) is 13.8. The minimum absolute atomic E-state index is 0.0476. The van der Waals surface area contributed by atoms with E-state index in [1.54, 1.807) is 0 Å². The number of ether oxygens (including phenoxy) is 1. The van der Waals surface area contributed by atoms with Crippen LogP contribution in [0.15, 0.2) is 24.3 Å². The maximum Gasteiger partial charge on any atom is 0.324 e. The molecular weight excluding hydrogens is 310 g/mol. The largest absolute Gasteiger partial charge is 0.494 e. The number of amides is 4. The highest BCUT2D eigenvalue weighted by molar-refractivity contribution is 6.01. The number of nitrogens with zero attached hydrogens (tertiary/aromatic N) is 1. The lowest BCUT2D eigenvalue weighted by molar-refractivity contribution is -0.126. The topological polar surface area (TPSA) is 87.7 Å². The van der Waals surface area contributed by atoms with Crippen molar-refractivity contribution < 1.29 is 19.1 Å². The summed E-state index contributed by atoms with van der Waals surface area (Å²) in [7, 11) is 0. The Kier molecular flexibility index (Phi) is 6.60. The van der Waals surface area contributed by atoms with Crippen molar-refractivity contribution in [2.75, 3.05) is 26.2 Å². The van der Waals surface area contributed by atoms with Crippen molar-refractivity contribution in [1.82, 2.24) is 15.5 Å². The third-order valence-electron chi connectivity index (χ3n) is 3.66. The van der Waals surface area contributed by atoms with Crippen LogP contribution in [0.1, 0.15) is 24.8 Å². The van der Waals surface area contributed by atoms with Gasteiger partial charge in [0.15, 0.2) is 0 Å². The molecule has 1 saturated heterocycles. The van der Waals surface area contributed by atoms with Crippen LogP contribution in [0.4, 0.5) is 4.79 Å². The minimum atomic E-state index is -0.381. The van der Waals surface area contributed by atoms with E-state index in [-0.39, 0.29) is 37.4 Å². The van der Waals surface area contributed by atoms with Crippen LogP contribution >= 0.6 is 0 Å². The molecule has 0 aliphatic carbocycles. The zero-order valence-corrected chi connectivity index (χ0v) is 13.8. The molecule has 1 aliphatic rings. The summed E-state index contributed by atoms with van der Waals surface area (Å²) < 4.78 is 5.58. The lowest BCUT2D eigenvalue weighted by atomic mass is 10.2. The highest BCUT2D eigenvalue weighted by Gasteiger charge is 2.27. The number of aryl methyl sites for hydroxylation is 1. The molecule has 1 aromatic rings. The summed E-state index contributed by atoms with van der Waals surface area (Å²) in [5.74, 6) is 0.492. The molecule has 7 nitrogen and oxygen atoms in total. The Morgan fingerprint density at radius 1 is 1.25 bits per heavy atom. The Labute approximate surface area is 141 Å². The number of imide groups is 1. The standard InChI is InChI=1S/C17H23N3O4/c1-13-5-7-14(8-6-13)24-11-3-9-18-15(21)4-2-10-20-16(22)12-19-17(20)23/h5-8H,2-4,9-12H2,1H3,(H,18,21)(H,19,23). The normalized spacial score (nSPS) is 13.8. The molecule has 1 aliphatic heterocycles. The van der Waals surface area contributed by atoms with Crippen LogP contribution in [0.5, 0.6) is 5.75 Å². The van der Waals surface area contributed by atoms with Gasteiger partial charge in [0.1, 0.15) is 5.75 Å². The van der Waals surface area contributed by atoms with Gasteiger partial charge in [0.05, 0.1) is 13.2 Å². The van der Waals surface area contributed by atoms with Gasteiger partial charge in [-0.05, 0) is 31.9 Å².